The molecular formula is C10H10F3N3O. The molecule has 4 nitrogen and oxygen atoms in total. The molecule has 7 heteroatoms. The van der Waals surface area contributed by atoms with Crippen molar-refractivity contribution in [2.75, 3.05) is 24.5 Å². The summed E-state index contributed by atoms with van der Waals surface area (Å²) in [5, 5.41) is 2.87. The number of halogens is 3. The number of anilines is 1. The average molecular weight is 245 g/mol. The van der Waals surface area contributed by atoms with Crippen LogP contribution >= 0.6 is 0 Å². The van der Waals surface area contributed by atoms with Gasteiger partial charge < -0.3 is 5.32 Å². The highest BCUT2D eigenvalue weighted by atomic mass is 19.4. The summed E-state index contributed by atoms with van der Waals surface area (Å²) in [6.07, 6.45) is -3.66. The summed E-state index contributed by atoms with van der Waals surface area (Å²) in [4.78, 5) is 16.5. The maximum atomic E-state index is 12.3. The summed E-state index contributed by atoms with van der Waals surface area (Å²) >= 11 is 0. The summed E-state index contributed by atoms with van der Waals surface area (Å²) in [6.45, 7) is 1.20. The molecule has 0 saturated carbocycles. The molecule has 0 atom stereocenters. The van der Waals surface area contributed by atoms with E-state index in [2.05, 4.69) is 10.3 Å². The number of pyridine rings is 1. The molecule has 0 radical (unpaired) electrons. The molecule has 1 aliphatic heterocycles. The molecule has 1 aromatic heterocycles. The van der Waals surface area contributed by atoms with Gasteiger partial charge in [-0.15, -0.1) is 0 Å². The molecule has 1 saturated heterocycles. The summed E-state index contributed by atoms with van der Waals surface area (Å²) in [5.74, 6) is 0.0630. The van der Waals surface area contributed by atoms with Crippen molar-refractivity contribution in [3.63, 3.8) is 0 Å². The van der Waals surface area contributed by atoms with Gasteiger partial charge in [0, 0.05) is 19.3 Å². The lowest BCUT2D eigenvalue weighted by Gasteiger charge is -2.26. The Morgan fingerprint density at radius 2 is 2.12 bits per heavy atom. The standard InChI is InChI=1S/C10H10F3N3O/c11-10(12,13)7-1-2-8(15-5-7)16-4-3-14-6-9(16)17/h1-2,5,14H,3-4,6H2. The lowest BCUT2D eigenvalue weighted by molar-refractivity contribution is -0.137. The molecule has 2 heterocycles. The smallest absolute Gasteiger partial charge is 0.307 e. The Kier molecular flexibility index (Phi) is 3.01. The van der Waals surface area contributed by atoms with Crippen LogP contribution in [0.1, 0.15) is 5.56 Å². The van der Waals surface area contributed by atoms with Gasteiger partial charge in [-0.25, -0.2) is 4.98 Å². The van der Waals surface area contributed by atoms with Crippen molar-refractivity contribution >= 4 is 11.7 Å². The third-order valence-electron chi connectivity index (χ3n) is 2.44. The SMILES string of the molecule is O=C1CNCCN1c1ccc(C(F)(F)F)cn1. The summed E-state index contributed by atoms with van der Waals surface area (Å²) in [5.41, 5.74) is -0.816. The van der Waals surface area contributed by atoms with Crippen LogP contribution in [-0.2, 0) is 11.0 Å². The molecule has 17 heavy (non-hydrogen) atoms. The van der Waals surface area contributed by atoms with Crippen LogP contribution in [0.3, 0.4) is 0 Å². The summed E-state index contributed by atoms with van der Waals surface area (Å²) in [7, 11) is 0. The number of alkyl halides is 3. The number of carbonyl (C=O) groups excluding carboxylic acids is 1. The van der Waals surface area contributed by atoms with E-state index in [0.717, 1.165) is 12.3 Å². The maximum absolute atomic E-state index is 12.3. The van der Waals surface area contributed by atoms with Crippen LogP contribution in [-0.4, -0.2) is 30.5 Å². The number of nitrogens with one attached hydrogen (secondary N) is 1. The quantitative estimate of drug-likeness (QED) is 0.804. The van der Waals surface area contributed by atoms with Crippen molar-refractivity contribution in [2.24, 2.45) is 0 Å². The fraction of sp³-hybridized carbons (Fsp3) is 0.400. The van der Waals surface area contributed by atoms with E-state index < -0.39 is 11.7 Å². The number of carbonyl (C=O) groups is 1. The first-order valence-corrected chi connectivity index (χ1v) is 5.03. The number of nitrogens with zero attached hydrogens (tertiary/aromatic N) is 2. The first-order chi connectivity index (χ1) is 7.98. The zero-order valence-corrected chi connectivity index (χ0v) is 8.79. The van der Waals surface area contributed by atoms with E-state index >= 15 is 0 Å². The molecular weight excluding hydrogens is 235 g/mol. The predicted octanol–water partition coefficient (Wildman–Crippen LogP) is 1.04. The second-order valence-electron chi connectivity index (χ2n) is 3.62. The van der Waals surface area contributed by atoms with E-state index in [1.54, 1.807) is 0 Å². The van der Waals surface area contributed by atoms with Crippen LogP contribution in [0.2, 0.25) is 0 Å². The normalized spacial score (nSPS) is 17.4. The monoisotopic (exact) mass is 245 g/mol. The molecule has 1 N–H and O–H groups in total. The lowest BCUT2D eigenvalue weighted by Crippen LogP contribution is -2.48. The fourth-order valence-electron chi connectivity index (χ4n) is 1.56. The van der Waals surface area contributed by atoms with Crippen LogP contribution in [0.25, 0.3) is 0 Å². The molecule has 92 valence electrons. The van der Waals surface area contributed by atoms with Gasteiger partial charge in [-0.05, 0) is 12.1 Å². The topological polar surface area (TPSA) is 45.2 Å². The number of hydrogen-bond donors (Lipinski definition) is 1. The predicted molar refractivity (Wildman–Crippen MR) is 54.5 cm³/mol. The third-order valence-corrected chi connectivity index (χ3v) is 2.44. The Hall–Kier alpha value is -1.63. The molecule has 0 unspecified atom stereocenters. The number of piperazine rings is 1. The highest BCUT2D eigenvalue weighted by Crippen LogP contribution is 2.29. The Balaban J connectivity index is 2.20. The summed E-state index contributed by atoms with van der Waals surface area (Å²) in [6, 6.07) is 2.14. The second-order valence-corrected chi connectivity index (χ2v) is 3.62. The third kappa shape index (κ3) is 2.55. The van der Waals surface area contributed by atoms with Crippen molar-refractivity contribution in [1.29, 1.82) is 0 Å². The highest BCUT2D eigenvalue weighted by molar-refractivity contribution is 5.94. The second kappa shape index (κ2) is 4.33. The van der Waals surface area contributed by atoms with Gasteiger partial charge in [0.25, 0.3) is 0 Å². The molecule has 2 rings (SSSR count). The van der Waals surface area contributed by atoms with E-state index in [-0.39, 0.29) is 18.3 Å². The number of rotatable bonds is 1. The van der Waals surface area contributed by atoms with Crippen molar-refractivity contribution in [3.05, 3.63) is 23.9 Å². The minimum atomic E-state index is -4.40. The van der Waals surface area contributed by atoms with E-state index in [4.69, 9.17) is 0 Å². The van der Waals surface area contributed by atoms with Crippen molar-refractivity contribution in [3.8, 4) is 0 Å². The van der Waals surface area contributed by atoms with E-state index in [0.29, 0.717) is 13.1 Å². The fourth-order valence-corrected chi connectivity index (χ4v) is 1.56. The minimum Gasteiger partial charge on any atom is -0.307 e. The van der Waals surface area contributed by atoms with Crippen molar-refractivity contribution < 1.29 is 18.0 Å². The first-order valence-electron chi connectivity index (χ1n) is 5.03. The highest BCUT2D eigenvalue weighted by Gasteiger charge is 2.31. The van der Waals surface area contributed by atoms with Gasteiger partial charge in [0.2, 0.25) is 5.91 Å². The molecule has 1 aliphatic rings. The van der Waals surface area contributed by atoms with E-state index in [1.165, 1.54) is 11.0 Å². The van der Waals surface area contributed by atoms with Gasteiger partial charge in [0.05, 0.1) is 12.1 Å². The molecule has 1 amide bonds. The molecule has 0 bridgehead atoms. The van der Waals surface area contributed by atoms with Gasteiger partial charge in [-0.1, -0.05) is 0 Å². The zero-order chi connectivity index (χ0) is 12.5. The van der Waals surface area contributed by atoms with Gasteiger partial charge >= 0.3 is 6.18 Å². The van der Waals surface area contributed by atoms with Crippen LogP contribution in [0.4, 0.5) is 19.0 Å². The first kappa shape index (κ1) is 11.8. The largest absolute Gasteiger partial charge is 0.417 e. The Labute approximate surface area is 95.4 Å². The van der Waals surface area contributed by atoms with Crippen molar-refractivity contribution in [1.82, 2.24) is 10.3 Å². The minimum absolute atomic E-state index is 0.183. The molecule has 0 aromatic carbocycles. The zero-order valence-electron chi connectivity index (χ0n) is 8.79. The van der Waals surface area contributed by atoms with Crippen LogP contribution in [0.5, 0.6) is 0 Å². The van der Waals surface area contributed by atoms with Crippen LogP contribution < -0.4 is 10.2 Å². The lowest BCUT2D eigenvalue weighted by atomic mass is 10.2. The van der Waals surface area contributed by atoms with E-state index in [9.17, 15) is 18.0 Å². The number of amides is 1. The summed E-state index contributed by atoms with van der Waals surface area (Å²) < 4.78 is 36.9. The Bertz CT molecular complexity index is 416. The van der Waals surface area contributed by atoms with Gasteiger partial charge in [-0.2, -0.15) is 13.2 Å². The van der Waals surface area contributed by atoms with Crippen molar-refractivity contribution in [2.45, 2.75) is 6.18 Å². The Morgan fingerprint density at radius 1 is 1.35 bits per heavy atom. The number of hydrogen-bond acceptors (Lipinski definition) is 3. The van der Waals surface area contributed by atoms with Gasteiger partial charge in [-0.3, -0.25) is 9.69 Å². The average Bonchev–Trinajstić information content (AvgIpc) is 2.29. The van der Waals surface area contributed by atoms with Gasteiger partial charge in [0.1, 0.15) is 5.82 Å². The van der Waals surface area contributed by atoms with Gasteiger partial charge in [0.15, 0.2) is 0 Å². The maximum Gasteiger partial charge on any atom is 0.417 e. The van der Waals surface area contributed by atoms with Crippen LogP contribution in [0, 0.1) is 0 Å². The molecule has 1 fully saturated rings. The molecule has 0 aliphatic carbocycles. The molecule has 1 aromatic rings. The molecule has 0 spiro atoms. The Morgan fingerprint density at radius 3 is 2.65 bits per heavy atom. The van der Waals surface area contributed by atoms with E-state index in [1.807, 2.05) is 0 Å². The van der Waals surface area contributed by atoms with Crippen LogP contribution in [0.15, 0.2) is 18.3 Å². The number of aromatic nitrogens is 1.